The standard InChI is InChI=1S/C17H19ClN2O4S/c1-24-15-10-9-14(11-16(15)25(19,22)23)20-17(21)4-2-3-12-5-7-13(18)8-6-12/h5-11H,2-4H2,1H3,(H,20,21)(H2,19,22,23). The van der Waals surface area contributed by atoms with Gasteiger partial charge in [-0.2, -0.15) is 0 Å². The molecular formula is C17H19ClN2O4S. The molecule has 0 radical (unpaired) electrons. The lowest BCUT2D eigenvalue weighted by Gasteiger charge is -2.10. The van der Waals surface area contributed by atoms with E-state index in [1.54, 1.807) is 6.07 Å². The fourth-order valence-corrected chi connectivity index (χ4v) is 3.15. The van der Waals surface area contributed by atoms with E-state index in [0.717, 1.165) is 12.0 Å². The quantitative estimate of drug-likeness (QED) is 0.769. The van der Waals surface area contributed by atoms with Gasteiger partial charge in [-0.25, -0.2) is 13.6 Å². The number of primary sulfonamides is 1. The Labute approximate surface area is 152 Å². The highest BCUT2D eigenvalue weighted by atomic mass is 35.5. The molecule has 0 atom stereocenters. The number of methoxy groups -OCH3 is 1. The number of hydrogen-bond donors (Lipinski definition) is 2. The van der Waals surface area contributed by atoms with Gasteiger partial charge < -0.3 is 10.1 Å². The molecular weight excluding hydrogens is 364 g/mol. The second-order valence-electron chi connectivity index (χ2n) is 5.44. The minimum absolute atomic E-state index is 0.128. The van der Waals surface area contributed by atoms with Gasteiger partial charge in [-0.15, -0.1) is 0 Å². The van der Waals surface area contributed by atoms with Crippen molar-refractivity contribution in [1.29, 1.82) is 0 Å². The minimum atomic E-state index is -3.95. The summed E-state index contributed by atoms with van der Waals surface area (Å²) in [5.74, 6) is -0.0808. The van der Waals surface area contributed by atoms with Crippen LogP contribution in [0.3, 0.4) is 0 Å². The van der Waals surface area contributed by atoms with E-state index in [-0.39, 0.29) is 16.6 Å². The molecule has 0 aliphatic carbocycles. The van der Waals surface area contributed by atoms with Gasteiger partial charge in [0.25, 0.3) is 0 Å². The maximum atomic E-state index is 12.0. The topological polar surface area (TPSA) is 98.5 Å². The number of nitrogens with two attached hydrogens (primary N) is 1. The van der Waals surface area contributed by atoms with Crippen LogP contribution in [0.1, 0.15) is 18.4 Å². The van der Waals surface area contributed by atoms with E-state index in [1.807, 2.05) is 24.3 Å². The molecule has 0 heterocycles. The SMILES string of the molecule is COc1ccc(NC(=O)CCCc2ccc(Cl)cc2)cc1S(N)(=O)=O. The molecule has 0 aliphatic rings. The maximum absolute atomic E-state index is 12.0. The van der Waals surface area contributed by atoms with E-state index in [9.17, 15) is 13.2 Å². The van der Waals surface area contributed by atoms with E-state index in [0.29, 0.717) is 23.6 Å². The number of aryl methyl sites for hydroxylation is 1. The van der Waals surface area contributed by atoms with Crippen LogP contribution in [0.4, 0.5) is 5.69 Å². The Kier molecular flexibility index (Phi) is 6.41. The van der Waals surface area contributed by atoms with Gasteiger partial charge in [0.05, 0.1) is 7.11 Å². The molecule has 2 aromatic carbocycles. The summed E-state index contributed by atoms with van der Waals surface area (Å²) in [6.45, 7) is 0. The van der Waals surface area contributed by atoms with Crippen LogP contribution in [0.5, 0.6) is 5.75 Å². The van der Waals surface area contributed by atoms with Crippen LogP contribution < -0.4 is 15.2 Å². The summed E-state index contributed by atoms with van der Waals surface area (Å²) in [5, 5.41) is 8.50. The molecule has 0 unspecified atom stereocenters. The molecule has 8 heteroatoms. The number of amides is 1. The molecule has 0 saturated heterocycles. The lowest BCUT2D eigenvalue weighted by Crippen LogP contribution is -2.15. The average molecular weight is 383 g/mol. The highest BCUT2D eigenvalue weighted by molar-refractivity contribution is 7.89. The Morgan fingerprint density at radius 2 is 1.88 bits per heavy atom. The molecule has 0 aliphatic heterocycles. The number of benzene rings is 2. The molecule has 2 rings (SSSR count). The summed E-state index contributed by atoms with van der Waals surface area (Å²) in [5.41, 5.74) is 1.44. The molecule has 1 amide bonds. The van der Waals surface area contributed by atoms with Crippen molar-refractivity contribution in [2.45, 2.75) is 24.2 Å². The van der Waals surface area contributed by atoms with Gasteiger partial charge in [-0.3, -0.25) is 4.79 Å². The van der Waals surface area contributed by atoms with Crippen LogP contribution in [0.25, 0.3) is 0 Å². The second-order valence-corrected chi connectivity index (χ2v) is 7.41. The zero-order valence-corrected chi connectivity index (χ0v) is 15.2. The third kappa shape index (κ3) is 5.74. The summed E-state index contributed by atoms with van der Waals surface area (Å²) in [6.07, 6.45) is 1.71. The number of halogens is 1. The normalized spacial score (nSPS) is 11.2. The van der Waals surface area contributed by atoms with E-state index in [2.05, 4.69) is 5.32 Å². The highest BCUT2D eigenvalue weighted by Crippen LogP contribution is 2.26. The molecule has 0 aromatic heterocycles. The van der Waals surface area contributed by atoms with Gasteiger partial charge in [0, 0.05) is 17.1 Å². The van der Waals surface area contributed by atoms with Crippen LogP contribution in [0.2, 0.25) is 5.02 Å². The van der Waals surface area contributed by atoms with Gasteiger partial charge in [0.2, 0.25) is 15.9 Å². The second kappa shape index (κ2) is 8.33. The molecule has 6 nitrogen and oxygen atoms in total. The van der Waals surface area contributed by atoms with Crippen molar-refractivity contribution in [2.75, 3.05) is 12.4 Å². The Balaban J connectivity index is 1.95. The van der Waals surface area contributed by atoms with Crippen LogP contribution in [-0.4, -0.2) is 21.4 Å². The summed E-state index contributed by atoms with van der Waals surface area (Å²) >= 11 is 5.83. The Morgan fingerprint density at radius 3 is 2.48 bits per heavy atom. The Morgan fingerprint density at radius 1 is 1.20 bits per heavy atom. The van der Waals surface area contributed by atoms with Crippen molar-refractivity contribution in [3.63, 3.8) is 0 Å². The number of carbonyl (C=O) groups is 1. The summed E-state index contributed by atoms with van der Waals surface area (Å²) in [4.78, 5) is 11.9. The fraction of sp³-hybridized carbons (Fsp3) is 0.235. The number of carbonyl (C=O) groups excluding carboxylic acids is 1. The zero-order chi connectivity index (χ0) is 18.4. The van der Waals surface area contributed by atoms with Crippen molar-refractivity contribution in [3.05, 3.63) is 53.1 Å². The molecule has 0 bridgehead atoms. The van der Waals surface area contributed by atoms with Gasteiger partial charge >= 0.3 is 0 Å². The molecule has 3 N–H and O–H groups in total. The third-order valence-electron chi connectivity index (χ3n) is 3.54. The van der Waals surface area contributed by atoms with E-state index < -0.39 is 10.0 Å². The van der Waals surface area contributed by atoms with Crippen LogP contribution in [0.15, 0.2) is 47.4 Å². The number of anilines is 1. The predicted molar refractivity (Wildman–Crippen MR) is 97.4 cm³/mol. The molecule has 2 aromatic rings. The zero-order valence-electron chi connectivity index (χ0n) is 13.7. The van der Waals surface area contributed by atoms with E-state index >= 15 is 0 Å². The van der Waals surface area contributed by atoms with Gasteiger partial charge in [-0.05, 0) is 48.7 Å². The Hall–Kier alpha value is -2.09. The van der Waals surface area contributed by atoms with Crippen molar-refractivity contribution in [3.8, 4) is 5.75 Å². The van der Waals surface area contributed by atoms with Crippen LogP contribution >= 0.6 is 11.6 Å². The Bertz CT molecular complexity index is 851. The van der Waals surface area contributed by atoms with E-state index in [1.165, 1.54) is 19.2 Å². The number of nitrogens with one attached hydrogen (secondary N) is 1. The molecule has 0 fully saturated rings. The summed E-state index contributed by atoms with van der Waals surface area (Å²) < 4.78 is 28.1. The summed E-state index contributed by atoms with van der Waals surface area (Å²) in [7, 11) is -2.60. The van der Waals surface area contributed by atoms with Crippen molar-refractivity contribution >= 4 is 33.2 Å². The van der Waals surface area contributed by atoms with Crippen molar-refractivity contribution < 1.29 is 17.9 Å². The van der Waals surface area contributed by atoms with Gasteiger partial charge in [0.1, 0.15) is 10.6 Å². The van der Waals surface area contributed by atoms with Crippen molar-refractivity contribution in [1.82, 2.24) is 0 Å². The first-order valence-corrected chi connectivity index (χ1v) is 9.47. The first kappa shape index (κ1) is 19.2. The third-order valence-corrected chi connectivity index (χ3v) is 4.72. The molecule has 25 heavy (non-hydrogen) atoms. The van der Waals surface area contributed by atoms with E-state index in [4.69, 9.17) is 21.5 Å². The maximum Gasteiger partial charge on any atom is 0.241 e. The van der Waals surface area contributed by atoms with Crippen molar-refractivity contribution in [2.24, 2.45) is 5.14 Å². The first-order chi connectivity index (χ1) is 11.8. The smallest absolute Gasteiger partial charge is 0.241 e. The number of sulfonamides is 1. The lowest BCUT2D eigenvalue weighted by atomic mass is 10.1. The van der Waals surface area contributed by atoms with Crippen LogP contribution in [-0.2, 0) is 21.2 Å². The largest absolute Gasteiger partial charge is 0.495 e. The highest BCUT2D eigenvalue weighted by Gasteiger charge is 2.16. The van der Waals surface area contributed by atoms with Gasteiger partial charge in [-0.1, -0.05) is 23.7 Å². The first-order valence-electron chi connectivity index (χ1n) is 7.55. The molecule has 134 valence electrons. The summed E-state index contributed by atoms with van der Waals surface area (Å²) in [6, 6.07) is 11.7. The fourth-order valence-electron chi connectivity index (χ4n) is 2.30. The van der Waals surface area contributed by atoms with Gasteiger partial charge in [0.15, 0.2) is 0 Å². The lowest BCUT2D eigenvalue weighted by molar-refractivity contribution is -0.116. The van der Waals surface area contributed by atoms with Crippen LogP contribution in [0, 0.1) is 0 Å². The number of hydrogen-bond acceptors (Lipinski definition) is 4. The number of ether oxygens (including phenoxy) is 1. The number of rotatable bonds is 7. The predicted octanol–water partition coefficient (Wildman–Crippen LogP) is 2.96. The minimum Gasteiger partial charge on any atom is -0.495 e. The monoisotopic (exact) mass is 382 g/mol. The average Bonchev–Trinajstić information content (AvgIpc) is 2.56. The molecule has 0 saturated carbocycles. The molecule has 0 spiro atoms.